The third-order valence-corrected chi connectivity index (χ3v) is 5.27. The zero-order valence-electron chi connectivity index (χ0n) is 15.5. The molecular formula is C19H16BrN3O5S. The molecule has 0 atom stereocenters. The van der Waals surface area contributed by atoms with E-state index < -0.39 is 4.92 Å². The second kappa shape index (κ2) is 9.10. The number of halogens is 1. The van der Waals surface area contributed by atoms with Crippen LogP contribution in [0.3, 0.4) is 0 Å². The number of amidine groups is 1. The normalized spacial score (nSPS) is 16.2. The Bertz CT molecular complexity index is 1020. The van der Waals surface area contributed by atoms with Crippen molar-refractivity contribution < 1.29 is 19.2 Å². The Morgan fingerprint density at radius 2 is 2.03 bits per heavy atom. The monoisotopic (exact) mass is 477 g/mol. The number of nitrogens with zero attached hydrogens (tertiary/aromatic N) is 2. The summed E-state index contributed by atoms with van der Waals surface area (Å²) in [4.78, 5) is 27.8. The third-order valence-electron chi connectivity index (χ3n) is 3.77. The van der Waals surface area contributed by atoms with E-state index in [1.807, 2.05) is 6.92 Å². The highest BCUT2D eigenvalue weighted by molar-refractivity contribution is 9.10. The van der Waals surface area contributed by atoms with Crippen LogP contribution < -0.4 is 14.8 Å². The van der Waals surface area contributed by atoms with E-state index in [2.05, 4.69) is 26.2 Å². The van der Waals surface area contributed by atoms with Crippen molar-refractivity contribution in [1.29, 1.82) is 0 Å². The van der Waals surface area contributed by atoms with Crippen LogP contribution >= 0.6 is 27.7 Å². The maximum absolute atomic E-state index is 12.3. The number of amides is 1. The van der Waals surface area contributed by atoms with Gasteiger partial charge in [0.25, 0.3) is 5.91 Å². The first-order valence-electron chi connectivity index (χ1n) is 8.45. The highest BCUT2D eigenvalue weighted by Crippen LogP contribution is 2.37. The first-order chi connectivity index (χ1) is 13.9. The molecule has 2 aromatic rings. The van der Waals surface area contributed by atoms with Crippen LogP contribution in [0.25, 0.3) is 6.08 Å². The van der Waals surface area contributed by atoms with Crippen LogP contribution in [-0.2, 0) is 4.79 Å². The number of nitrogens with one attached hydrogen (secondary N) is 1. The molecule has 0 radical (unpaired) electrons. The van der Waals surface area contributed by atoms with Gasteiger partial charge in [0.2, 0.25) is 5.75 Å². The zero-order valence-corrected chi connectivity index (χ0v) is 17.9. The molecule has 1 N–H and O–H groups in total. The molecule has 1 fully saturated rings. The lowest BCUT2D eigenvalue weighted by atomic mass is 10.1. The number of carbonyl (C=O) groups is 1. The Balaban J connectivity index is 1.85. The van der Waals surface area contributed by atoms with Gasteiger partial charge < -0.3 is 14.8 Å². The molecule has 1 heterocycles. The second-order valence-electron chi connectivity index (χ2n) is 5.72. The summed E-state index contributed by atoms with van der Waals surface area (Å²) >= 11 is 4.42. The molecule has 1 aliphatic rings. The Morgan fingerprint density at radius 3 is 2.66 bits per heavy atom. The largest absolute Gasteiger partial charge is 0.494 e. The number of carbonyl (C=O) groups excluding carboxylic acids is 1. The van der Waals surface area contributed by atoms with Gasteiger partial charge in [-0.3, -0.25) is 14.9 Å². The van der Waals surface area contributed by atoms with Crippen molar-refractivity contribution in [3.05, 3.63) is 61.5 Å². The number of nitro benzene ring substituents is 1. The molecule has 0 spiro atoms. The van der Waals surface area contributed by atoms with Crippen LogP contribution in [0.4, 0.5) is 11.4 Å². The molecule has 1 aliphatic heterocycles. The Morgan fingerprint density at radius 1 is 1.31 bits per heavy atom. The molecule has 0 aromatic heterocycles. The summed E-state index contributed by atoms with van der Waals surface area (Å²) in [7, 11) is 1.36. The molecule has 2 aromatic carbocycles. The van der Waals surface area contributed by atoms with Crippen molar-refractivity contribution in [3.63, 3.8) is 0 Å². The lowest BCUT2D eigenvalue weighted by Crippen LogP contribution is -2.19. The van der Waals surface area contributed by atoms with Crippen molar-refractivity contribution in [2.24, 2.45) is 4.99 Å². The molecule has 1 saturated heterocycles. The Kier molecular flexibility index (Phi) is 6.55. The molecular weight excluding hydrogens is 462 g/mol. The number of rotatable bonds is 6. The van der Waals surface area contributed by atoms with Crippen LogP contribution in [0.5, 0.6) is 11.5 Å². The van der Waals surface area contributed by atoms with Gasteiger partial charge in [0.05, 0.1) is 33.7 Å². The zero-order chi connectivity index (χ0) is 21.0. The molecule has 8 nitrogen and oxygen atoms in total. The van der Waals surface area contributed by atoms with E-state index in [-0.39, 0.29) is 17.3 Å². The molecule has 0 aliphatic carbocycles. The molecule has 29 heavy (non-hydrogen) atoms. The minimum absolute atomic E-state index is 0.124. The summed E-state index contributed by atoms with van der Waals surface area (Å²) < 4.78 is 10.9. The average Bonchev–Trinajstić information content (AvgIpc) is 3.02. The summed E-state index contributed by atoms with van der Waals surface area (Å²) in [5.74, 6) is 0.541. The fourth-order valence-electron chi connectivity index (χ4n) is 2.55. The van der Waals surface area contributed by atoms with Crippen molar-refractivity contribution in [2.75, 3.05) is 13.7 Å². The van der Waals surface area contributed by atoms with E-state index in [4.69, 9.17) is 9.47 Å². The van der Waals surface area contributed by atoms with E-state index in [9.17, 15) is 14.9 Å². The highest BCUT2D eigenvalue weighted by atomic mass is 79.9. The fourth-order valence-corrected chi connectivity index (χ4v) is 4.02. The predicted molar refractivity (Wildman–Crippen MR) is 116 cm³/mol. The van der Waals surface area contributed by atoms with Gasteiger partial charge in [-0.2, -0.15) is 0 Å². The van der Waals surface area contributed by atoms with Gasteiger partial charge >= 0.3 is 5.69 Å². The van der Waals surface area contributed by atoms with E-state index in [0.717, 1.165) is 17.5 Å². The molecule has 0 unspecified atom stereocenters. The number of aliphatic imine (C=N–C) groups is 1. The average molecular weight is 478 g/mol. The summed E-state index contributed by atoms with van der Waals surface area (Å²) in [6.07, 6.45) is 1.57. The fraction of sp³-hybridized carbons (Fsp3) is 0.158. The molecule has 0 saturated carbocycles. The number of hydrogen-bond acceptors (Lipinski definition) is 7. The van der Waals surface area contributed by atoms with Gasteiger partial charge in [-0.1, -0.05) is 0 Å². The van der Waals surface area contributed by atoms with E-state index in [1.54, 1.807) is 36.4 Å². The van der Waals surface area contributed by atoms with Gasteiger partial charge in [0.15, 0.2) is 5.17 Å². The first-order valence-corrected chi connectivity index (χ1v) is 10.1. The summed E-state index contributed by atoms with van der Waals surface area (Å²) in [6, 6.07) is 10.2. The van der Waals surface area contributed by atoms with Crippen LogP contribution in [0.15, 0.2) is 50.8 Å². The van der Waals surface area contributed by atoms with Gasteiger partial charge in [0.1, 0.15) is 5.75 Å². The van der Waals surface area contributed by atoms with Crippen LogP contribution in [0, 0.1) is 10.1 Å². The predicted octanol–water partition coefficient (Wildman–Crippen LogP) is 4.66. The van der Waals surface area contributed by atoms with Crippen molar-refractivity contribution in [3.8, 4) is 11.5 Å². The van der Waals surface area contributed by atoms with Gasteiger partial charge in [-0.25, -0.2) is 4.99 Å². The molecule has 10 heteroatoms. The molecule has 1 amide bonds. The van der Waals surface area contributed by atoms with Gasteiger partial charge in [0, 0.05) is 6.07 Å². The summed E-state index contributed by atoms with van der Waals surface area (Å²) in [5.41, 5.74) is 0.963. The maximum Gasteiger partial charge on any atom is 0.312 e. The van der Waals surface area contributed by atoms with Gasteiger partial charge in [-0.05, 0) is 76.6 Å². The number of thioether (sulfide) groups is 1. The number of nitro groups is 1. The summed E-state index contributed by atoms with van der Waals surface area (Å²) in [6.45, 7) is 2.48. The highest BCUT2D eigenvalue weighted by Gasteiger charge is 2.25. The van der Waals surface area contributed by atoms with Crippen molar-refractivity contribution in [1.82, 2.24) is 5.32 Å². The number of methoxy groups -OCH3 is 1. The minimum Gasteiger partial charge on any atom is -0.494 e. The number of hydrogen-bond donors (Lipinski definition) is 1. The number of benzene rings is 2. The molecule has 150 valence electrons. The Hall–Kier alpha value is -2.85. The number of ether oxygens (including phenoxy) is 2. The van der Waals surface area contributed by atoms with Crippen LogP contribution in [0.1, 0.15) is 12.5 Å². The molecule has 3 rings (SSSR count). The first kappa shape index (κ1) is 20.9. The summed E-state index contributed by atoms with van der Waals surface area (Å²) in [5, 5.41) is 14.4. The van der Waals surface area contributed by atoms with Crippen molar-refractivity contribution >= 4 is 56.2 Å². The topological polar surface area (TPSA) is 103 Å². The van der Waals surface area contributed by atoms with E-state index >= 15 is 0 Å². The Labute approximate surface area is 179 Å². The molecule has 0 bridgehead atoms. The van der Waals surface area contributed by atoms with Gasteiger partial charge in [-0.15, -0.1) is 0 Å². The van der Waals surface area contributed by atoms with E-state index in [0.29, 0.717) is 32.4 Å². The quantitative estimate of drug-likeness (QED) is 0.368. The second-order valence-corrected chi connectivity index (χ2v) is 7.61. The maximum atomic E-state index is 12.3. The minimum atomic E-state index is -0.535. The standard InChI is InChI=1S/C19H16BrN3O5S/c1-3-28-13-6-4-12(5-7-13)21-19-22-18(24)16(29-19)10-11-8-14(20)17(27-2)15(9-11)23(25)26/h4-10H,3H2,1-2H3,(H,21,22,24)/b16-10-. The van der Waals surface area contributed by atoms with Crippen molar-refractivity contribution in [2.45, 2.75) is 6.92 Å². The lowest BCUT2D eigenvalue weighted by molar-refractivity contribution is -0.385. The van der Waals surface area contributed by atoms with Crippen LogP contribution in [0.2, 0.25) is 0 Å². The lowest BCUT2D eigenvalue weighted by Gasteiger charge is -2.05. The smallest absolute Gasteiger partial charge is 0.312 e. The third kappa shape index (κ3) is 4.96. The van der Waals surface area contributed by atoms with Crippen LogP contribution in [-0.4, -0.2) is 29.7 Å². The SMILES string of the molecule is CCOc1ccc(N=C2NC(=O)/C(=C/c3cc(Br)c(OC)c([N+](=O)[O-])c3)S2)cc1. The van der Waals surface area contributed by atoms with E-state index in [1.165, 1.54) is 13.2 Å².